The highest BCUT2D eigenvalue weighted by Gasteiger charge is 2.08. The van der Waals surface area contributed by atoms with Crippen molar-refractivity contribution in [2.45, 2.75) is 33.6 Å². The fraction of sp³-hybridized carbons (Fsp3) is 0.471. The Morgan fingerprint density at radius 3 is 2.45 bits per heavy atom. The number of ether oxygens (including phenoxy) is 1. The minimum Gasteiger partial charge on any atom is -0.496 e. The van der Waals surface area contributed by atoms with Gasteiger partial charge in [0, 0.05) is 24.7 Å². The normalized spacial score (nSPS) is 10.8. The van der Waals surface area contributed by atoms with Crippen LogP contribution >= 0.6 is 0 Å². The van der Waals surface area contributed by atoms with E-state index in [0.29, 0.717) is 0 Å². The van der Waals surface area contributed by atoms with E-state index in [1.54, 1.807) is 13.2 Å². The quantitative estimate of drug-likeness (QED) is 0.711. The van der Waals surface area contributed by atoms with E-state index in [0.717, 1.165) is 42.8 Å². The van der Waals surface area contributed by atoms with Crippen LogP contribution in [-0.2, 0) is 4.79 Å². The molecule has 20 heavy (non-hydrogen) atoms. The van der Waals surface area contributed by atoms with Crippen LogP contribution in [0.15, 0.2) is 24.3 Å². The first-order valence-corrected chi connectivity index (χ1v) is 7.24. The summed E-state index contributed by atoms with van der Waals surface area (Å²) in [6, 6.07) is 5.94. The van der Waals surface area contributed by atoms with Crippen LogP contribution in [0.25, 0.3) is 6.08 Å². The minimum absolute atomic E-state index is 0.0669. The standard InChI is InChI=1S/C17H25NO2/c1-5-11-18(12-6-2)17(19)10-8-15-13-14(3)7-9-16(15)20-4/h7-10,13H,5-6,11-12H2,1-4H3/b10-8+. The Balaban J connectivity index is 2.85. The van der Waals surface area contributed by atoms with Crippen molar-refractivity contribution in [3.63, 3.8) is 0 Å². The first kappa shape index (κ1) is 16.3. The maximum atomic E-state index is 12.2. The van der Waals surface area contributed by atoms with Crippen molar-refractivity contribution in [1.82, 2.24) is 4.90 Å². The second-order valence-electron chi connectivity index (χ2n) is 4.90. The van der Waals surface area contributed by atoms with Crippen LogP contribution in [0.5, 0.6) is 5.75 Å². The Morgan fingerprint density at radius 2 is 1.90 bits per heavy atom. The SMILES string of the molecule is CCCN(CCC)C(=O)/C=C/c1cc(C)ccc1OC. The van der Waals surface area contributed by atoms with Crippen LogP contribution < -0.4 is 4.74 Å². The van der Waals surface area contributed by atoms with Crippen LogP contribution in [0.2, 0.25) is 0 Å². The molecule has 0 radical (unpaired) electrons. The molecule has 0 atom stereocenters. The molecule has 1 rings (SSSR count). The van der Waals surface area contributed by atoms with Gasteiger partial charge >= 0.3 is 0 Å². The fourth-order valence-corrected chi connectivity index (χ4v) is 2.12. The van der Waals surface area contributed by atoms with E-state index < -0.39 is 0 Å². The number of hydrogen-bond acceptors (Lipinski definition) is 2. The summed E-state index contributed by atoms with van der Waals surface area (Å²) in [7, 11) is 1.64. The van der Waals surface area contributed by atoms with Crippen molar-refractivity contribution in [2.24, 2.45) is 0 Å². The van der Waals surface area contributed by atoms with E-state index in [9.17, 15) is 4.79 Å². The average Bonchev–Trinajstić information content (AvgIpc) is 2.44. The zero-order valence-corrected chi connectivity index (χ0v) is 13.0. The summed E-state index contributed by atoms with van der Waals surface area (Å²) >= 11 is 0. The molecule has 0 aromatic heterocycles. The number of rotatable bonds is 7. The van der Waals surface area contributed by atoms with Crippen LogP contribution in [0, 0.1) is 6.92 Å². The summed E-state index contributed by atoms with van der Waals surface area (Å²) < 4.78 is 5.31. The Morgan fingerprint density at radius 1 is 1.25 bits per heavy atom. The minimum atomic E-state index is 0.0669. The zero-order chi connectivity index (χ0) is 15.0. The molecular formula is C17H25NO2. The lowest BCUT2D eigenvalue weighted by Gasteiger charge is -2.19. The van der Waals surface area contributed by atoms with Gasteiger partial charge in [0.1, 0.15) is 5.75 Å². The molecule has 3 heteroatoms. The number of methoxy groups -OCH3 is 1. The number of nitrogens with zero attached hydrogens (tertiary/aromatic N) is 1. The van der Waals surface area contributed by atoms with Gasteiger partial charge in [-0.1, -0.05) is 25.5 Å². The van der Waals surface area contributed by atoms with Gasteiger partial charge in [0.2, 0.25) is 5.91 Å². The van der Waals surface area contributed by atoms with Crippen molar-refractivity contribution < 1.29 is 9.53 Å². The average molecular weight is 275 g/mol. The van der Waals surface area contributed by atoms with Crippen LogP contribution in [0.1, 0.15) is 37.8 Å². The van der Waals surface area contributed by atoms with Gasteiger partial charge in [-0.15, -0.1) is 0 Å². The van der Waals surface area contributed by atoms with E-state index in [2.05, 4.69) is 13.8 Å². The molecule has 110 valence electrons. The molecular weight excluding hydrogens is 250 g/mol. The molecule has 1 aromatic carbocycles. The molecule has 0 bridgehead atoms. The third kappa shape index (κ3) is 4.72. The number of carbonyl (C=O) groups is 1. The Hall–Kier alpha value is -1.77. The monoisotopic (exact) mass is 275 g/mol. The van der Waals surface area contributed by atoms with Gasteiger partial charge in [0.05, 0.1) is 7.11 Å². The van der Waals surface area contributed by atoms with E-state index in [1.807, 2.05) is 36.1 Å². The fourth-order valence-electron chi connectivity index (χ4n) is 2.12. The van der Waals surface area contributed by atoms with Gasteiger partial charge in [-0.25, -0.2) is 0 Å². The topological polar surface area (TPSA) is 29.5 Å². The summed E-state index contributed by atoms with van der Waals surface area (Å²) in [5.41, 5.74) is 2.09. The highest BCUT2D eigenvalue weighted by atomic mass is 16.5. The van der Waals surface area contributed by atoms with Crippen molar-refractivity contribution in [3.05, 3.63) is 35.4 Å². The number of hydrogen-bond donors (Lipinski definition) is 0. The van der Waals surface area contributed by atoms with Crippen molar-refractivity contribution in [3.8, 4) is 5.75 Å². The summed E-state index contributed by atoms with van der Waals surface area (Å²) in [5, 5.41) is 0. The van der Waals surface area contributed by atoms with E-state index in [-0.39, 0.29) is 5.91 Å². The first-order valence-electron chi connectivity index (χ1n) is 7.24. The third-order valence-electron chi connectivity index (χ3n) is 3.09. The third-order valence-corrected chi connectivity index (χ3v) is 3.09. The molecule has 1 aromatic rings. The Labute approximate surface area is 122 Å². The van der Waals surface area contributed by atoms with Gasteiger partial charge in [0.25, 0.3) is 0 Å². The summed E-state index contributed by atoms with van der Waals surface area (Å²) in [6.07, 6.45) is 5.44. The Kier molecular flexibility index (Phi) is 6.85. The van der Waals surface area contributed by atoms with Crippen LogP contribution in [0.3, 0.4) is 0 Å². The maximum Gasteiger partial charge on any atom is 0.246 e. The zero-order valence-electron chi connectivity index (χ0n) is 13.0. The molecule has 0 heterocycles. The first-order chi connectivity index (χ1) is 9.62. The number of carbonyl (C=O) groups excluding carboxylic acids is 1. The van der Waals surface area contributed by atoms with Crippen molar-refractivity contribution in [2.75, 3.05) is 20.2 Å². The smallest absolute Gasteiger partial charge is 0.246 e. The molecule has 0 aliphatic rings. The van der Waals surface area contributed by atoms with Crippen molar-refractivity contribution in [1.29, 1.82) is 0 Å². The molecule has 0 aliphatic heterocycles. The van der Waals surface area contributed by atoms with E-state index >= 15 is 0 Å². The second kappa shape index (κ2) is 8.41. The lowest BCUT2D eigenvalue weighted by molar-refractivity contribution is -0.126. The molecule has 0 unspecified atom stereocenters. The second-order valence-corrected chi connectivity index (χ2v) is 4.90. The van der Waals surface area contributed by atoms with Gasteiger partial charge in [-0.2, -0.15) is 0 Å². The lowest BCUT2D eigenvalue weighted by atomic mass is 10.1. The van der Waals surface area contributed by atoms with Crippen LogP contribution in [0.4, 0.5) is 0 Å². The molecule has 0 N–H and O–H groups in total. The van der Waals surface area contributed by atoms with E-state index in [4.69, 9.17) is 4.74 Å². The maximum absolute atomic E-state index is 12.2. The van der Waals surface area contributed by atoms with Gasteiger partial charge < -0.3 is 9.64 Å². The predicted molar refractivity (Wildman–Crippen MR) is 83.9 cm³/mol. The molecule has 1 amide bonds. The highest BCUT2D eigenvalue weighted by molar-refractivity contribution is 5.92. The highest BCUT2D eigenvalue weighted by Crippen LogP contribution is 2.21. The van der Waals surface area contributed by atoms with Crippen LogP contribution in [-0.4, -0.2) is 31.0 Å². The molecule has 0 spiro atoms. The summed E-state index contributed by atoms with van der Waals surface area (Å²) in [4.78, 5) is 14.1. The lowest BCUT2D eigenvalue weighted by Crippen LogP contribution is -2.30. The molecule has 0 fully saturated rings. The number of benzene rings is 1. The van der Waals surface area contributed by atoms with E-state index in [1.165, 1.54) is 0 Å². The number of aryl methyl sites for hydroxylation is 1. The summed E-state index contributed by atoms with van der Waals surface area (Å²) in [6.45, 7) is 7.81. The predicted octanol–water partition coefficient (Wildman–Crippen LogP) is 3.67. The summed E-state index contributed by atoms with van der Waals surface area (Å²) in [5.74, 6) is 0.856. The largest absolute Gasteiger partial charge is 0.496 e. The van der Waals surface area contributed by atoms with Gasteiger partial charge in [0.15, 0.2) is 0 Å². The molecule has 3 nitrogen and oxygen atoms in total. The molecule has 0 saturated carbocycles. The van der Waals surface area contributed by atoms with Crippen molar-refractivity contribution >= 4 is 12.0 Å². The number of amides is 1. The van der Waals surface area contributed by atoms with Gasteiger partial charge in [-0.05, 0) is 38.0 Å². The molecule has 0 saturated heterocycles. The Bertz CT molecular complexity index is 460. The molecule has 0 aliphatic carbocycles. The van der Waals surface area contributed by atoms with Gasteiger partial charge in [-0.3, -0.25) is 4.79 Å².